The van der Waals surface area contributed by atoms with E-state index in [9.17, 15) is 0 Å². The number of quaternary nitrogens is 1. The molecule has 5 N–H and O–H groups in total. The molecule has 0 heterocycles. The van der Waals surface area contributed by atoms with Crippen molar-refractivity contribution in [2.75, 3.05) is 0 Å². The van der Waals surface area contributed by atoms with Crippen molar-refractivity contribution in [3.63, 3.8) is 0 Å². The largest absolute Gasteiger partial charge is 2.00 e. The minimum absolute atomic E-state index is 0. The van der Waals surface area contributed by atoms with E-state index in [0.717, 1.165) is 0 Å². The molecule has 0 amide bonds. The second-order valence-electron chi connectivity index (χ2n) is 0.428. The summed E-state index contributed by atoms with van der Waals surface area (Å²) in [6, 6.07) is 0. The zero-order valence-corrected chi connectivity index (χ0v) is 7.22. The van der Waals surface area contributed by atoms with Gasteiger partial charge in [0.25, 0.3) is 0 Å². The van der Waals surface area contributed by atoms with Gasteiger partial charge in [-0.25, -0.2) is 8.42 Å². The van der Waals surface area contributed by atoms with E-state index in [0.29, 0.717) is 0 Å². The Morgan fingerprint density at radius 2 is 1.38 bits per heavy atom. The van der Waals surface area contributed by atoms with Gasteiger partial charge in [0.15, 0.2) is 0 Å². The van der Waals surface area contributed by atoms with Crippen LogP contribution < -0.4 is 6.15 Å². The summed E-state index contributed by atoms with van der Waals surface area (Å²) in [5.74, 6) is 0. The molecule has 0 aliphatic carbocycles. The van der Waals surface area contributed by atoms with Crippen LogP contribution in [0.4, 0.5) is 0 Å². The molecule has 8 heteroatoms. The molecule has 48 valence electrons. The molecular formula is H5CaNO5S. The minimum Gasteiger partial charge on any atom is -2.00 e. The van der Waals surface area contributed by atoms with Crippen LogP contribution >= 0.6 is 0 Å². The van der Waals surface area contributed by atoms with Crippen LogP contribution in [0.2, 0.25) is 0 Å². The fourth-order valence-corrected chi connectivity index (χ4v) is 0. The average molecular weight is 171 g/mol. The summed E-state index contributed by atoms with van der Waals surface area (Å²) in [6.07, 6.45) is 0. The van der Waals surface area contributed by atoms with E-state index >= 15 is 0 Å². The third kappa shape index (κ3) is 234. The molecule has 0 radical (unpaired) electrons. The molecule has 0 aromatic carbocycles. The molecule has 0 saturated carbocycles. The van der Waals surface area contributed by atoms with Gasteiger partial charge in [0.1, 0.15) is 0 Å². The number of rotatable bonds is 0. The third-order valence-electron chi connectivity index (χ3n) is 0. The maximum Gasteiger partial charge on any atom is 2.00 e. The number of hydrogen-bond donors (Lipinski definition) is 2. The van der Waals surface area contributed by atoms with Crippen LogP contribution in [0.1, 0.15) is 0 Å². The van der Waals surface area contributed by atoms with Gasteiger partial charge < -0.3 is 16.2 Å². The summed E-state index contributed by atoms with van der Waals surface area (Å²) >= 11 is 0. The molecule has 0 rings (SSSR count). The first-order chi connectivity index (χ1) is 2.00. The molecule has 0 fully saturated rings. The summed E-state index contributed by atoms with van der Waals surface area (Å²) in [5, 5.41) is 0. The Kier molecular flexibility index (Phi) is 23.1. The van der Waals surface area contributed by atoms with Crippen molar-refractivity contribution in [2.24, 2.45) is 0 Å². The van der Waals surface area contributed by atoms with Gasteiger partial charge in [-0.1, -0.05) is 0 Å². The van der Waals surface area contributed by atoms with Crippen LogP contribution in [0.15, 0.2) is 0 Å². The van der Waals surface area contributed by atoms with Crippen LogP contribution in [-0.4, -0.2) is 55.3 Å². The van der Waals surface area contributed by atoms with Crippen molar-refractivity contribution < 1.29 is 23.0 Å². The van der Waals surface area contributed by atoms with Gasteiger partial charge in [-0.05, 0) is 0 Å². The van der Waals surface area contributed by atoms with Gasteiger partial charge >= 0.3 is 37.7 Å². The fourth-order valence-electron chi connectivity index (χ4n) is 0. The molecule has 8 heavy (non-hydrogen) atoms. The Bertz CT molecular complexity index is 95.6. The van der Waals surface area contributed by atoms with Crippen molar-refractivity contribution in [3.8, 4) is 0 Å². The van der Waals surface area contributed by atoms with Gasteiger partial charge in [0, 0.05) is 0 Å². The summed E-state index contributed by atoms with van der Waals surface area (Å²) in [5.41, 5.74) is 0. The van der Waals surface area contributed by atoms with Crippen LogP contribution in [0, 0.1) is 0 Å². The minimum atomic E-state index is -4.92. The SMILES string of the molecule is O=S(=O)([O-])O.[Ca+2].[NH4+].[O-2]. The molecule has 0 atom stereocenters. The Hall–Kier alpha value is 1.05. The van der Waals surface area contributed by atoms with Crippen LogP contribution in [0.5, 0.6) is 0 Å². The van der Waals surface area contributed by atoms with E-state index in [4.69, 9.17) is 17.5 Å². The van der Waals surface area contributed by atoms with E-state index < -0.39 is 10.4 Å². The van der Waals surface area contributed by atoms with Gasteiger partial charge in [-0.15, -0.1) is 0 Å². The first kappa shape index (κ1) is 23.0. The van der Waals surface area contributed by atoms with Crippen molar-refractivity contribution in [1.82, 2.24) is 6.15 Å². The third-order valence-corrected chi connectivity index (χ3v) is 0. The summed E-state index contributed by atoms with van der Waals surface area (Å²) in [6.45, 7) is 0. The summed E-state index contributed by atoms with van der Waals surface area (Å²) in [4.78, 5) is 0. The molecule has 6 nitrogen and oxygen atoms in total. The van der Waals surface area contributed by atoms with Crippen molar-refractivity contribution in [1.29, 1.82) is 0 Å². The molecule has 0 bridgehead atoms. The molecule has 0 aromatic rings. The number of hydrogen-bond acceptors (Lipinski definition) is 3. The monoisotopic (exact) mass is 171 g/mol. The van der Waals surface area contributed by atoms with E-state index in [1.54, 1.807) is 0 Å². The van der Waals surface area contributed by atoms with Crippen molar-refractivity contribution in [2.45, 2.75) is 0 Å². The van der Waals surface area contributed by atoms with Crippen LogP contribution in [0.3, 0.4) is 0 Å². The van der Waals surface area contributed by atoms with Crippen molar-refractivity contribution in [3.05, 3.63) is 0 Å². The second-order valence-corrected chi connectivity index (χ2v) is 1.28. The topological polar surface area (TPSA) is 142 Å². The zero-order valence-electron chi connectivity index (χ0n) is 4.20. The molecule has 0 aliphatic heterocycles. The Morgan fingerprint density at radius 3 is 1.38 bits per heavy atom. The second kappa shape index (κ2) is 8.05. The normalized spacial score (nSPS) is 7.25. The van der Waals surface area contributed by atoms with Crippen LogP contribution in [0.25, 0.3) is 0 Å². The first-order valence-electron chi connectivity index (χ1n) is 0.683. The molecule has 0 unspecified atom stereocenters. The Morgan fingerprint density at radius 1 is 1.38 bits per heavy atom. The predicted octanol–water partition coefficient (Wildman–Crippen LogP) is -1.12. The maximum atomic E-state index is 8.63. The van der Waals surface area contributed by atoms with Gasteiger partial charge in [0.05, 0.1) is 0 Å². The molecule has 0 spiro atoms. The molecular weight excluding hydrogens is 166 g/mol. The standard InChI is InChI=1S/Ca.H3N.H2O4S.O/c;;1-5(2,3)4;/h;1H3;(H2,1,2,3,4);/q+2;;;-2. The van der Waals surface area contributed by atoms with Gasteiger partial charge in [-0.3, -0.25) is 4.55 Å². The molecule has 0 saturated heterocycles. The van der Waals surface area contributed by atoms with E-state index in [-0.39, 0.29) is 49.4 Å². The van der Waals surface area contributed by atoms with Crippen molar-refractivity contribution >= 4 is 48.1 Å². The smallest absolute Gasteiger partial charge is 2.00 e. The Labute approximate surface area is 76.7 Å². The zero-order chi connectivity index (χ0) is 4.50. The van der Waals surface area contributed by atoms with E-state index in [1.165, 1.54) is 0 Å². The van der Waals surface area contributed by atoms with E-state index in [2.05, 4.69) is 0 Å². The Balaban J connectivity index is -0.0000000267. The first-order valence-corrected chi connectivity index (χ1v) is 2.05. The quantitative estimate of drug-likeness (QED) is 0.270. The van der Waals surface area contributed by atoms with Gasteiger partial charge in [-0.2, -0.15) is 0 Å². The fraction of sp³-hybridized carbons (Fsp3) is 0. The average Bonchev–Trinajstić information content (AvgIpc) is 0.722. The molecule has 0 aliphatic rings. The van der Waals surface area contributed by atoms with Crippen LogP contribution in [-0.2, 0) is 15.9 Å². The van der Waals surface area contributed by atoms with E-state index in [1.807, 2.05) is 0 Å². The summed E-state index contributed by atoms with van der Waals surface area (Å²) < 4.78 is 32.8. The maximum absolute atomic E-state index is 8.63. The van der Waals surface area contributed by atoms with Gasteiger partial charge in [0.2, 0.25) is 10.4 Å². The molecule has 0 aromatic heterocycles. The predicted molar refractivity (Wildman–Crippen MR) is 24.8 cm³/mol. The summed E-state index contributed by atoms with van der Waals surface area (Å²) in [7, 11) is -4.92.